The molecule has 0 atom stereocenters. The number of urea groups is 1. The molecule has 142 valence electrons. The number of morpholine rings is 1. The molecule has 1 aliphatic heterocycles. The van der Waals surface area contributed by atoms with Crippen molar-refractivity contribution >= 4 is 45.1 Å². The molecule has 0 saturated carbocycles. The van der Waals surface area contributed by atoms with Gasteiger partial charge in [0.1, 0.15) is 0 Å². The minimum absolute atomic E-state index is 0.107. The van der Waals surface area contributed by atoms with Gasteiger partial charge in [-0.25, -0.2) is 4.79 Å². The molecule has 5 nitrogen and oxygen atoms in total. The van der Waals surface area contributed by atoms with E-state index in [1.807, 2.05) is 25.1 Å². The molecule has 1 aromatic heterocycles. The van der Waals surface area contributed by atoms with Crippen molar-refractivity contribution in [2.75, 3.05) is 31.6 Å². The molecule has 3 aromatic rings. The molecule has 0 radical (unpaired) electrons. The fourth-order valence-corrected chi connectivity index (χ4v) is 4.24. The summed E-state index contributed by atoms with van der Waals surface area (Å²) in [4.78, 5) is 14.4. The SMILES string of the molecule is Cc1c(NC(=O)N2CCOCC2)cc(Cl)c2c1c1ccccc1n2C(C)C. The van der Waals surface area contributed by atoms with Crippen LogP contribution in [-0.4, -0.2) is 41.8 Å². The summed E-state index contributed by atoms with van der Waals surface area (Å²) in [5.74, 6) is 0. The third-order valence-electron chi connectivity index (χ3n) is 5.24. The standard InChI is InChI=1S/C21H24ClN3O2/c1-13(2)25-18-7-5-4-6-15(18)19-14(3)17(12-16(22)20(19)25)23-21(26)24-8-10-27-11-9-24/h4-7,12-13H,8-11H2,1-3H3,(H,23,26). The predicted molar refractivity (Wildman–Crippen MR) is 111 cm³/mol. The molecule has 0 spiro atoms. The number of amides is 2. The first-order chi connectivity index (χ1) is 13.0. The van der Waals surface area contributed by atoms with Crippen LogP contribution in [0.25, 0.3) is 21.8 Å². The number of carbonyl (C=O) groups is 1. The number of anilines is 1. The van der Waals surface area contributed by atoms with Gasteiger partial charge in [-0.1, -0.05) is 29.8 Å². The number of halogens is 1. The van der Waals surface area contributed by atoms with Crippen LogP contribution in [0.5, 0.6) is 0 Å². The Balaban J connectivity index is 1.86. The number of nitrogens with zero attached hydrogens (tertiary/aromatic N) is 2. The average molecular weight is 386 g/mol. The first kappa shape index (κ1) is 18.1. The van der Waals surface area contributed by atoms with Crippen LogP contribution in [0.1, 0.15) is 25.5 Å². The van der Waals surface area contributed by atoms with Crippen molar-refractivity contribution in [1.29, 1.82) is 0 Å². The monoisotopic (exact) mass is 385 g/mol. The Morgan fingerprint density at radius 3 is 2.63 bits per heavy atom. The van der Waals surface area contributed by atoms with E-state index < -0.39 is 0 Å². The van der Waals surface area contributed by atoms with Gasteiger partial charge in [-0.3, -0.25) is 0 Å². The Bertz CT molecular complexity index is 1020. The lowest BCUT2D eigenvalue weighted by molar-refractivity contribution is 0.0564. The van der Waals surface area contributed by atoms with Crippen molar-refractivity contribution in [2.45, 2.75) is 26.8 Å². The fourth-order valence-electron chi connectivity index (χ4n) is 3.94. The molecule has 1 N–H and O–H groups in total. The van der Waals surface area contributed by atoms with E-state index in [0.717, 1.165) is 33.1 Å². The summed E-state index contributed by atoms with van der Waals surface area (Å²) in [6, 6.07) is 10.4. The lowest BCUT2D eigenvalue weighted by atomic mass is 10.1. The molecule has 1 saturated heterocycles. The zero-order valence-electron chi connectivity index (χ0n) is 15.9. The van der Waals surface area contributed by atoms with Crippen molar-refractivity contribution < 1.29 is 9.53 Å². The van der Waals surface area contributed by atoms with Gasteiger partial charge in [0.15, 0.2) is 0 Å². The highest BCUT2D eigenvalue weighted by molar-refractivity contribution is 6.37. The third kappa shape index (κ3) is 3.05. The average Bonchev–Trinajstić information content (AvgIpc) is 3.03. The highest BCUT2D eigenvalue weighted by Gasteiger charge is 2.22. The maximum absolute atomic E-state index is 12.7. The van der Waals surface area contributed by atoms with Gasteiger partial charge in [0, 0.05) is 41.1 Å². The van der Waals surface area contributed by atoms with E-state index >= 15 is 0 Å². The van der Waals surface area contributed by atoms with Crippen molar-refractivity contribution in [3.63, 3.8) is 0 Å². The molecule has 6 heteroatoms. The molecule has 2 amide bonds. The van der Waals surface area contributed by atoms with Gasteiger partial charge >= 0.3 is 6.03 Å². The van der Waals surface area contributed by atoms with Crippen molar-refractivity contribution in [2.24, 2.45) is 0 Å². The lowest BCUT2D eigenvalue weighted by Crippen LogP contribution is -2.43. The van der Waals surface area contributed by atoms with Gasteiger partial charge in [-0.05, 0) is 38.5 Å². The van der Waals surface area contributed by atoms with Gasteiger partial charge in [0.05, 0.1) is 23.8 Å². The van der Waals surface area contributed by atoms with E-state index in [0.29, 0.717) is 31.3 Å². The largest absolute Gasteiger partial charge is 0.378 e. The number of para-hydroxylation sites is 1. The smallest absolute Gasteiger partial charge is 0.322 e. The summed E-state index contributed by atoms with van der Waals surface area (Å²) in [7, 11) is 0. The minimum Gasteiger partial charge on any atom is -0.378 e. The Hall–Kier alpha value is -2.24. The van der Waals surface area contributed by atoms with Crippen LogP contribution in [0.3, 0.4) is 0 Å². The molecular formula is C21H24ClN3O2. The van der Waals surface area contributed by atoms with Crippen LogP contribution in [0.4, 0.5) is 10.5 Å². The molecule has 0 bridgehead atoms. The number of nitrogens with one attached hydrogen (secondary N) is 1. The fraction of sp³-hybridized carbons (Fsp3) is 0.381. The number of benzene rings is 2. The second kappa shape index (κ2) is 7.06. The Kier molecular flexibility index (Phi) is 4.74. The number of fused-ring (bicyclic) bond motifs is 3. The summed E-state index contributed by atoms with van der Waals surface area (Å²) in [6.45, 7) is 8.73. The van der Waals surface area contributed by atoms with E-state index in [1.54, 1.807) is 4.90 Å². The molecule has 0 aliphatic carbocycles. The number of aryl methyl sites for hydroxylation is 1. The molecule has 27 heavy (non-hydrogen) atoms. The summed E-state index contributed by atoms with van der Waals surface area (Å²) < 4.78 is 7.60. The molecule has 1 fully saturated rings. The Labute approximate surface area is 163 Å². The molecule has 4 rings (SSSR count). The Morgan fingerprint density at radius 1 is 1.22 bits per heavy atom. The van der Waals surface area contributed by atoms with Crippen LogP contribution in [0.15, 0.2) is 30.3 Å². The summed E-state index contributed by atoms with van der Waals surface area (Å²) in [5, 5.41) is 5.96. The van der Waals surface area contributed by atoms with Gasteiger partial charge in [-0.2, -0.15) is 0 Å². The molecule has 0 unspecified atom stereocenters. The van der Waals surface area contributed by atoms with E-state index in [4.69, 9.17) is 16.3 Å². The first-order valence-electron chi connectivity index (χ1n) is 9.34. The third-order valence-corrected chi connectivity index (χ3v) is 5.53. The Morgan fingerprint density at radius 2 is 1.93 bits per heavy atom. The predicted octanol–water partition coefficient (Wildman–Crippen LogP) is 5.20. The minimum atomic E-state index is -0.107. The first-order valence-corrected chi connectivity index (χ1v) is 9.72. The maximum Gasteiger partial charge on any atom is 0.322 e. The molecular weight excluding hydrogens is 362 g/mol. The quantitative estimate of drug-likeness (QED) is 0.658. The number of rotatable bonds is 2. The summed E-state index contributed by atoms with van der Waals surface area (Å²) in [6.07, 6.45) is 0. The van der Waals surface area contributed by atoms with E-state index in [-0.39, 0.29) is 12.1 Å². The van der Waals surface area contributed by atoms with E-state index in [9.17, 15) is 4.79 Å². The number of carbonyl (C=O) groups excluding carboxylic acids is 1. The van der Waals surface area contributed by atoms with Crippen LogP contribution in [0, 0.1) is 6.92 Å². The van der Waals surface area contributed by atoms with Gasteiger partial charge < -0.3 is 19.5 Å². The number of hydrogen-bond acceptors (Lipinski definition) is 2. The van der Waals surface area contributed by atoms with Crippen molar-refractivity contribution in [1.82, 2.24) is 9.47 Å². The normalized spacial score (nSPS) is 15.1. The van der Waals surface area contributed by atoms with E-state index in [2.05, 4.69) is 35.9 Å². The molecule has 1 aliphatic rings. The second-order valence-corrected chi connectivity index (χ2v) is 7.67. The lowest BCUT2D eigenvalue weighted by Gasteiger charge is -2.27. The molecule has 2 aromatic carbocycles. The zero-order valence-corrected chi connectivity index (χ0v) is 16.6. The van der Waals surface area contributed by atoms with E-state index in [1.165, 1.54) is 0 Å². The topological polar surface area (TPSA) is 46.5 Å². The maximum atomic E-state index is 12.7. The number of hydrogen-bond donors (Lipinski definition) is 1. The summed E-state index contributed by atoms with van der Waals surface area (Å²) in [5.41, 5.74) is 3.97. The van der Waals surface area contributed by atoms with Crippen molar-refractivity contribution in [3.8, 4) is 0 Å². The molecule has 2 heterocycles. The van der Waals surface area contributed by atoms with Gasteiger partial charge in [0.25, 0.3) is 0 Å². The van der Waals surface area contributed by atoms with Crippen LogP contribution in [0.2, 0.25) is 5.02 Å². The van der Waals surface area contributed by atoms with Crippen LogP contribution in [-0.2, 0) is 4.74 Å². The summed E-state index contributed by atoms with van der Waals surface area (Å²) >= 11 is 6.72. The zero-order chi connectivity index (χ0) is 19.1. The number of ether oxygens (including phenoxy) is 1. The highest BCUT2D eigenvalue weighted by atomic mass is 35.5. The van der Waals surface area contributed by atoms with Gasteiger partial charge in [0.2, 0.25) is 0 Å². The van der Waals surface area contributed by atoms with Crippen LogP contribution >= 0.6 is 11.6 Å². The van der Waals surface area contributed by atoms with Gasteiger partial charge in [-0.15, -0.1) is 0 Å². The second-order valence-electron chi connectivity index (χ2n) is 7.27. The number of aromatic nitrogens is 1. The van der Waals surface area contributed by atoms with Crippen molar-refractivity contribution in [3.05, 3.63) is 40.9 Å². The highest BCUT2D eigenvalue weighted by Crippen LogP contribution is 2.40. The van der Waals surface area contributed by atoms with Crippen LogP contribution < -0.4 is 5.32 Å².